The van der Waals surface area contributed by atoms with Crippen molar-refractivity contribution in [3.8, 4) is 0 Å². The molecule has 0 saturated carbocycles. The molecule has 0 aliphatic carbocycles. The van der Waals surface area contributed by atoms with Crippen molar-refractivity contribution in [3.05, 3.63) is 29.8 Å². The molecule has 1 heterocycles. The van der Waals surface area contributed by atoms with Gasteiger partial charge in [-0.3, -0.25) is 4.79 Å². The number of rotatable bonds is 5. The third kappa shape index (κ3) is 2.98. The summed E-state index contributed by atoms with van der Waals surface area (Å²) in [5.74, 6) is -0.803. The van der Waals surface area contributed by atoms with Crippen LogP contribution in [0.4, 0.5) is 0 Å². The van der Waals surface area contributed by atoms with Crippen molar-refractivity contribution in [1.29, 1.82) is 0 Å². The van der Waals surface area contributed by atoms with Crippen LogP contribution in [-0.4, -0.2) is 28.8 Å². The Morgan fingerprint density at radius 2 is 2.15 bits per heavy atom. The number of amides is 1. The standard InChI is InChI=1S/C15H19NO3S/c1-3-9(2)13(15(18)19)16-14(17)11-8-20-12-7-5-4-6-10(11)12/h4-7,9,11,13H,3,8H2,1-2H3,(H,16,17)(H,18,19)/t9?,11?,13-/m0/s1. The topological polar surface area (TPSA) is 66.4 Å². The van der Waals surface area contributed by atoms with Crippen LogP contribution in [0.25, 0.3) is 0 Å². The summed E-state index contributed by atoms with van der Waals surface area (Å²) in [5.41, 5.74) is 1.00. The molecule has 1 aromatic rings. The number of thioether (sulfide) groups is 1. The molecule has 108 valence electrons. The first-order chi connectivity index (χ1) is 9.54. The zero-order valence-electron chi connectivity index (χ0n) is 11.6. The van der Waals surface area contributed by atoms with Crippen LogP contribution in [0.3, 0.4) is 0 Å². The highest BCUT2D eigenvalue weighted by Gasteiger charge is 2.33. The summed E-state index contributed by atoms with van der Waals surface area (Å²) >= 11 is 1.65. The minimum absolute atomic E-state index is 0.0826. The van der Waals surface area contributed by atoms with Crippen LogP contribution in [0, 0.1) is 5.92 Å². The molecule has 1 amide bonds. The van der Waals surface area contributed by atoms with E-state index in [1.807, 2.05) is 38.1 Å². The van der Waals surface area contributed by atoms with Crippen LogP contribution >= 0.6 is 11.8 Å². The lowest BCUT2D eigenvalue weighted by Crippen LogP contribution is -2.46. The van der Waals surface area contributed by atoms with Gasteiger partial charge in [-0.1, -0.05) is 38.5 Å². The van der Waals surface area contributed by atoms with Gasteiger partial charge in [0, 0.05) is 10.6 Å². The molecular weight excluding hydrogens is 274 g/mol. The molecule has 4 nitrogen and oxygen atoms in total. The van der Waals surface area contributed by atoms with Gasteiger partial charge in [0.25, 0.3) is 0 Å². The second kappa shape index (κ2) is 6.31. The highest BCUT2D eigenvalue weighted by atomic mass is 32.2. The molecule has 20 heavy (non-hydrogen) atoms. The summed E-state index contributed by atoms with van der Waals surface area (Å²) in [4.78, 5) is 24.7. The first kappa shape index (κ1) is 14.9. The molecule has 5 heteroatoms. The summed E-state index contributed by atoms with van der Waals surface area (Å²) in [5, 5.41) is 11.9. The number of carboxylic acids is 1. The lowest BCUT2D eigenvalue weighted by atomic mass is 9.96. The number of benzene rings is 1. The van der Waals surface area contributed by atoms with Crippen molar-refractivity contribution in [1.82, 2.24) is 5.32 Å². The lowest BCUT2D eigenvalue weighted by molar-refractivity contribution is -0.143. The monoisotopic (exact) mass is 293 g/mol. The Morgan fingerprint density at radius 1 is 1.45 bits per heavy atom. The molecule has 1 aromatic carbocycles. The van der Waals surface area contributed by atoms with Crippen LogP contribution in [-0.2, 0) is 9.59 Å². The number of carbonyl (C=O) groups excluding carboxylic acids is 1. The molecule has 0 spiro atoms. The molecule has 0 radical (unpaired) electrons. The van der Waals surface area contributed by atoms with Crippen LogP contribution in [0.1, 0.15) is 31.7 Å². The van der Waals surface area contributed by atoms with E-state index in [4.69, 9.17) is 0 Å². The minimum atomic E-state index is -0.966. The van der Waals surface area contributed by atoms with E-state index in [2.05, 4.69) is 5.32 Å². The van der Waals surface area contributed by atoms with E-state index in [0.29, 0.717) is 12.2 Å². The third-order valence-corrected chi connectivity index (χ3v) is 4.98. The highest BCUT2D eigenvalue weighted by Crippen LogP contribution is 2.39. The molecular formula is C15H19NO3S. The van der Waals surface area contributed by atoms with Crippen molar-refractivity contribution in [3.63, 3.8) is 0 Å². The predicted octanol–water partition coefficient (Wildman–Crippen LogP) is 2.49. The summed E-state index contributed by atoms with van der Waals surface area (Å²) in [6.45, 7) is 3.77. The van der Waals surface area contributed by atoms with E-state index in [1.165, 1.54) is 0 Å². The Kier molecular flexibility index (Phi) is 4.70. The second-order valence-corrected chi connectivity index (χ2v) is 6.17. The highest BCUT2D eigenvalue weighted by molar-refractivity contribution is 7.99. The van der Waals surface area contributed by atoms with Gasteiger partial charge in [-0.25, -0.2) is 4.79 Å². The first-order valence-corrected chi connectivity index (χ1v) is 7.78. The van der Waals surface area contributed by atoms with Crippen LogP contribution in [0.2, 0.25) is 0 Å². The first-order valence-electron chi connectivity index (χ1n) is 6.79. The maximum Gasteiger partial charge on any atom is 0.326 e. The molecule has 2 N–H and O–H groups in total. The Bertz CT molecular complexity index is 518. The predicted molar refractivity (Wildman–Crippen MR) is 78.9 cm³/mol. The van der Waals surface area contributed by atoms with Gasteiger partial charge in [0.05, 0.1) is 5.92 Å². The van der Waals surface area contributed by atoms with Crippen molar-refractivity contribution in [2.75, 3.05) is 5.75 Å². The van der Waals surface area contributed by atoms with E-state index >= 15 is 0 Å². The van der Waals surface area contributed by atoms with Crippen LogP contribution < -0.4 is 5.32 Å². The minimum Gasteiger partial charge on any atom is -0.480 e. The van der Waals surface area contributed by atoms with E-state index in [9.17, 15) is 14.7 Å². The van der Waals surface area contributed by atoms with Crippen LogP contribution in [0.5, 0.6) is 0 Å². The van der Waals surface area contributed by atoms with Gasteiger partial charge in [0.15, 0.2) is 0 Å². The summed E-state index contributed by atoms with van der Waals surface area (Å²) in [6, 6.07) is 6.99. The number of hydrogen-bond acceptors (Lipinski definition) is 3. The quantitative estimate of drug-likeness (QED) is 0.875. The van der Waals surface area contributed by atoms with Gasteiger partial charge in [-0.2, -0.15) is 0 Å². The molecule has 1 aliphatic heterocycles. The normalized spacial score (nSPS) is 20.0. The molecule has 0 fully saturated rings. The fraction of sp³-hybridized carbons (Fsp3) is 0.467. The van der Waals surface area contributed by atoms with E-state index in [1.54, 1.807) is 11.8 Å². The van der Waals surface area contributed by atoms with Crippen molar-refractivity contribution >= 4 is 23.6 Å². The number of carboxylic acid groups (broad SMARTS) is 1. The third-order valence-electron chi connectivity index (χ3n) is 3.79. The molecule has 2 unspecified atom stereocenters. The van der Waals surface area contributed by atoms with Crippen molar-refractivity contribution in [2.45, 2.75) is 37.1 Å². The molecule has 0 saturated heterocycles. The molecule has 1 aliphatic rings. The Balaban J connectivity index is 2.11. The molecule has 3 atom stereocenters. The smallest absolute Gasteiger partial charge is 0.326 e. The van der Waals surface area contributed by atoms with E-state index in [0.717, 1.165) is 10.5 Å². The number of nitrogens with one attached hydrogen (secondary N) is 1. The van der Waals surface area contributed by atoms with Crippen molar-refractivity contribution < 1.29 is 14.7 Å². The van der Waals surface area contributed by atoms with Gasteiger partial charge < -0.3 is 10.4 Å². The zero-order chi connectivity index (χ0) is 14.7. The Morgan fingerprint density at radius 3 is 2.80 bits per heavy atom. The van der Waals surface area contributed by atoms with E-state index in [-0.39, 0.29) is 17.7 Å². The molecule has 0 aromatic heterocycles. The maximum absolute atomic E-state index is 12.4. The number of carbonyl (C=O) groups is 2. The molecule has 0 bridgehead atoms. The summed E-state index contributed by atoms with van der Waals surface area (Å²) in [7, 11) is 0. The zero-order valence-corrected chi connectivity index (χ0v) is 12.4. The lowest BCUT2D eigenvalue weighted by Gasteiger charge is -2.22. The van der Waals surface area contributed by atoms with Gasteiger partial charge in [-0.05, 0) is 17.5 Å². The summed E-state index contributed by atoms with van der Waals surface area (Å²) < 4.78 is 0. The molecule has 2 rings (SSSR count). The number of aliphatic carboxylic acids is 1. The van der Waals surface area contributed by atoms with Gasteiger partial charge in [-0.15, -0.1) is 11.8 Å². The number of fused-ring (bicyclic) bond motifs is 1. The largest absolute Gasteiger partial charge is 0.480 e. The Labute approximate surface area is 123 Å². The summed E-state index contributed by atoms with van der Waals surface area (Å²) in [6.07, 6.45) is 0.716. The van der Waals surface area contributed by atoms with Crippen LogP contribution in [0.15, 0.2) is 29.2 Å². The van der Waals surface area contributed by atoms with Gasteiger partial charge in [0.2, 0.25) is 5.91 Å². The fourth-order valence-corrected chi connectivity index (χ4v) is 3.55. The fourth-order valence-electron chi connectivity index (χ4n) is 2.32. The van der Waals surface area contributed by atoms with Gasteiger partial charge in [0.1, 0.15) is 6.04 Å². The number of hydrogen-bond donors (Lipinski definition) is 2. The average molecular weight is 293 g/mol. The SMILES string of the molecule is CCC(C)[C@H](NC(=O)C1CSc2ccccc21)C(=O)O. The van der Waals surface area contributed by atoms with E-state index < -0.39 is 12.0 Å². The maximum atomic E-state index is 12.4. The second-order valence-electron chi connectivity index (χ2n) is 5.11. The van der Waals surface area contributed by atoms with Crippen molar-refractivity contribution in [2.24, 2.45) is 5.92 Å². The Hall–Kier alpha value is -1.49. The average Bonchev–Trinajstić information content (AvgIpc) is 2.87. The van der Waals surface area contributed by atoms with Gasteiger partial charge >= 0.3 is 5.97 Å².